The first-order valence-corrected chi connectivity index (χ1v) is 10.3. The first-order chi connectivity index (χ1) is 14.7. The lowest BCUT2D eigenvalue weighted by molar-refractivity contribution is -0.0445. The van der Waals surface area contributed by atoms with Crippen LogP contribution in [0.3, 0.4) is 0 Å². The average Bonchev–Trinajstić information content (AvgIpc) is 3.12. The van der Waals surface area contributed by atoms with Gasteiger partial charge in [-0.3, -0.25) is 4.98 Å². The van der Waals surface area contributed by atoms with Crippen molar-refractivity contribution in [1.29, 1.82) is 0 Å². The zero-order chi connectivity index (χ0) is 22.0. The molecule has 1 aromatic carbocycles. The highest BCUT2D eigenvalue weighted by Crippen LogP contribution is 2.62. The standard InChI is InChI=1S/C24H29N3O2/c1-15-8-19(13-26-12-15)17-4-5-18-11-23(7-6-21(28-3)16(2)10-23)24(20(18)9-17)14-29-22(25)27-24/h4-5,8-9,12-13,16,21H,6-7,10-11,14H2,1-3H3,(H2,25,27)/t16-,21-,23-,24+/m0/s1/i14D2. The smallest absolute Gasteiger partial charge is 0.283 e. The van der Waals surface area contributed by atoms with Crippen molar-refractivity contribution in [2.24, 2.45) is 22.1 Å². The van der Waals surface area contributed by atoms with E-state index < -0.39 is 17.5 Å². The summed E-state index contributed by atoms with van der Waals surface area (Å²) in [5, 5.41) is 0. The molecule has 0 saturated heterocycles. The quantitative estimate of drug-likeness (QED) is 0.838. The first kappa shape index (κ1) is 16.4. The van der Waals surface area contributed by atoms with Gasteiger partial charge in [0, 0.05) is 30.5 Å². The zero-order valence-electron chi connectivity index (χ0n) is 19.2. The molecule has 5 nitrogen and oxygen atoms in total. The maximum Gasteiger partial charge on any atom is 0.283 e. The Balaban J connectivity index is 1.70. The third-order valence-electron chi connectivity index (χ3n) is 7.14. The molecule has 1 saturated carbocycles. The predicted octanol–water partition coefficient (Wildman–Crippen LogP) is 3.97. The van der Waals surface area contributed by atoms with E-state index in [4.69, 9.17) is 22.9 Å². The number of nitrogens with two attached hydrogens (primary N) is 1. The summed E-state index contributed by atoms with van der Waals surface area (Å²) in [6, 6.07) is 8.33. The van der Waals surface area contributed by atoms with Gasteiger partial charge in [0.1, 0.15) is 12.1 Å². The minimum absolute atomic E-state index is 0.0682. The Morgan fingerprint density at radius 2 is 2.14 bits per heavy atom. The number of benzene rings is 1. The fraction of sp³-hybridized carbons (Fsp3) is 0.500. The molecule has 2 spiro atoms. The third-order valence-corrected chi connectivity index (χ3v) is 7.14. The van der Waals surface area contributed by atoms with Crippen molar-refractivity contribution in [2.75, 3.05) is 13.7 Å². The van der Waals surface area contributed by atoms with E-state index in [9.17, 15) is 0 Å². The lowest BCUT2D eigenvalue weighted by Crippen LogP contribution is -2.48. The average molecular weight is 394 g/mol. The van der Waals surface area contributed by atoms with E-state index in [0.717, 1.165) is 53.5 Å². The Bertz CT molecular complexity index is 1070. The first-order valence-electron chi connectivity index (χ1n) is 11.3. The monoisotopic (exact) mass is 393 g/mol. The molecule has 0 bridgehead atoms. The van der Waals surface area contributed by atoms with Gasteiger partial charge in [0.05, 0.1) is 8.85 Å². The van der Waals surface area contributed by atoms with Crippen LogP contribution < -0.4 is 5.73 Å². The van der Waals surface area contributed by atoms with Crippen LogP contribution in [0.5, 0.6) is 0 Å². The Morgan fingerprint density at radius 1 is 1.28 bits per heavy atom. The highest BCUT2D eigenvalue weighted by Gasteiger charge is 2.62. The van der Waals surface area contributed by atoms with E-state index in [1.165, 1.54) is 0 Å². The maximum atomic E-state index is 8.93. The lowest BCUT2D eigenvalue weighted by Gasteiger charge is -2.47. The van der Waals surface area contributed by atoms with E-state index in [0.29, 0.717) is 5.92 Å². The van der Waals surface area contributed by atoms with Crippen molar-refractivity contribution in [3.8, 4) is 11.1 Å². The number of hydrogen-bond donors (Lipinski definition) is 1. The second-order valence-corrected chi connectivity index (χ2v) is 8.94. The van der Waals surface area contributed by atoms with Gasteiger partial charge in [-0.1, -0.05) is 19.1 Å². The van der Waals surface area contributed by atoms with Crippen molar-refractivity contribution in [2.45, 2.75) is 51.2 Å². The molecule has 29 heavy (non-hydrogen) atoms. The van der Waals surface area contributed by atoms with Gasteiger partial charge in [-0.15, -0.1) is 0 Å². The van der Waals surface area contributed by atoms with E-state index in [-0.39, 0.29) is 12.1 Å². The molecule has 1 aromatic heterocycles. The number of rotatable bonds is 2. The molecule has 1 fully saturated rings. The second kappa shape index (κ2) is 6.56. The summed E-state index contributed by atoms with van der Waals surface area (Å²) < 4.78 is 29.1. The number of aromatic nitrogens is 1. The van der Waals surface area contributed by atoms with Gasteiger partial charge < -0.3 is 15.2 Å². The Hall–Kier alpha value is -2.40. The molecule has 152 valence electrons. The summed E-state index contributed by atoms with van der Waals surface area (Å²) in [5.74, 6) is 0.290. The minimum atomic E-state index is -2.02. The SMILES string of the molecule is [2H]C1([2H])OC(N)=N[C@@]12c1cc(-c3cncc(C)c3)ccc1C[C@@]21CC[C@H](OC)[C@@H](C)C1. The Morgan fingerprint density at radius 3 is 2.83 bits per heavy atom. The fourth-order valence-electron chi connectivity index (χ4n) is 5.81. The summed E-state index contributed by atoms with van der Waals surface area (Å²) in [7, 11) is 1.76. The highest BCUT2D eigenvalue weighted by atomic mass is 16.5. The van der Waals surface area contributed by atoms with Crippen LogP contribution in [0.1, 0.15) is 45.6 Å². The molecule has 2 aromatic rings. The second-order valence-electron chi connectivity index (χ2n) is 8.94. The normalized spacial score (nSPS) is 35.8. The highest BCUT2D eigenvalue weighted by molar-refractivity contribution is 5.76. The van der Waals surface area contributed by atoms with Crippen LogP contribution in [-0.2, 0) is 21.4 Å². The number of hydrogen-bond acceptors (Lipinski definition) is 5. The van der Waals surface area contributed by atoms with E-state index >= 15 is 0 Å². The van der Waals surface area contributed by atoms with Gasteiger partial charge in [-0.2, -0.15) is 0 Å². The molecule has 2 aliphatic carbocycles. The molecule has 5 heteroatoms. The topological polar surface area (TPSA) is 69.7 Å². The Kier molecular flexibility index (Phi) is 3.71. The molecular formula is C24H29N3O2. The lowest BCUT2D eigenvalue weighted by atomic mass is 9.59. The summed E-state index contributed by atoms with van der Waals surface area (Å²) in [4.78, 5) is 9.10. The van der Waals surface area contributed by atoms with Crippen molar-refractivity contribution < 1.29 is 12.2 Å². The summed E-state index contributed by atoms with van der Waals surface area (Å²) in [6.07, 6.45) is 7.09. The van der Waals surface area contributed by atoms with Gasteiger partial charge in [0.15, 0.2) is 0 Å². The van der Waals surface area contributed by atoms with Crippen LogP contribution in [-0.4, -0.2) is 30.8 Å². The molecule has 0 amide bonds. The molecular weight excluding hydrogens is 362 g/mol. The van der Waals surface area contributed by atoms with E-state index in [1.54, 1.807) is 7.11 Å². The van der Waals surface area contributed by atoms with Crippen molar-refractivity contribution in [3.05, 3.63) is 53.3 Å². The van der Waals surface area contributed by atoms with Gasteiger partial charge in [0.2, 0.25) is 0 Å². The number of ether oxygens (including phenoxy) is 2. The number of pyridine rings is 1. The van der Waals surface area contributed by atoms with E-state index in [2.05, 4.69) is 36.2 Å². The maximum absolute atomic E-state index is 8.93. The molecule has 2 heterocycles. The fourth-order valence-corrected chi connectivity index (χ4v) is 5.81. The molecule has 0 radical (unpaired) electrons. The zero-order valence-corrected chi connectivity index (χ0v) is 17.2. The van der Waals surface area contributed by atoms with Gasteiger partial charge >= 0.3 is 0 Å². The van der Waals surface area contributed by atoms with Crippen molar-refractivity contribution >= 4 is 6.02 Å². The Labute approximate surface area is 175 Å². The number of aliphatic imine (C=N–C) groups is 1. The van der Waals surface area contributed by atoms with Crippen LogP contribution in [0.4, 0.5) is 0 Å². The molecule has 0 unspecified atom stereocenters. The molecule has 4 atom stereocenters. The van der Waals surface area contributed by atoms with Crippen LogP contribution in [0.25, 0.3) is 11.1 Å². The van der Waals surface area contributed by atoms with Gasteiger partial charge in [-0.25, -0.2) is 4.99 Å². The summed E-state index contributed by atoms with van der Waals surface area (Å²) in [6.45, 7) is 2.18. The van der Waals surface area contributed by atoms with Gasteiger partial charge in [0.25, 0.3) is 6.02 Å². The number of methoxy groups -OCH3 is 1. The van der Waals surface area contributed by atoms with Crippen LogP contribution in [0, 0.1) is 18.3 Å². The van der Waals surface area contributed by atoms with E-state index in [1.807, 2.05) is 19.3 Å². The number of fused-ring (bicyclic) bond motifs is 3. The molecule has 1 aliphatic heterocycles. The third kappa shape index (κ3) is 2.71. The minimum Gasteiger partial charge on any atom is -0.462 e. The number of amidine groups is 1. The van der Waals surface area contributed by atoms with Crippen molar-refractivity contribution in [3.63, 3.8) is 0 Å². The number of aryl methyl sites for hydroxylation is 1. The molecule has 2 N–H and O–H groups in total. The molecule has 3 aliphatic rings. The molecule has 5 rings (SSSR count). The van der Waals surface area contributed by atoms with Gasteiger partial charge in [-0.05, 0) is 72.9 Å². The summed E-state index contributed by atoms with van der Waals surface area (Å²) in [5.41, 5.74) is 9.55. The van der Waals surface area contributed by atoms with Crippen LogP contribution in [0.2, 0.25) is 0 Å². The van der Waals surface area contributed by atoms with Crippen LogP contribution >= 0.6 is 0 Å². The largest absolute Gasteiger partial charge is 0.462 e. The number of nitrogens with zero attached hydrogens (tertiary/aromatic N) is 2. The van der Waals surface area contributed by atoms with Crippen LogP contribution in [0.15, 0.2) is 41.7 Å². The summed E-state index contributed by atoms with van der Waals surface area (Å²) >= 11 is 0. The van der Waals surface area contributed by atoms with Crippen molar-refractivity contribution in [1.82, 2.24) is 4.98 Å². The predicted molar refractivity (Wildman–Crippen MR) is 114 cm³/mol.